The zero-order valence-electron chi connectivity index (χ0n) is 18.5. The average molecular weight is 516 g/mol. The molecular formula is C24H29Cl3N2O2S. The lowest BCUT2D eigenvalue weighted by Crippen LogP contribution is -2.50. The molecule has 1 atom stereocenters. The molecule has 0 heterocycles. The van der Waals surface area contributed by atoms with Crippen LogP contribution < -0.4 is 5.32 Å². The van der Waals surface area contributed by atoms with Crippen LogP contribution in [0.1, 0.15) is 38.3 Å². The molecule has 2 amide bonds. The molecule has 174 valence electrons. The number of rotatable bonds is 11. The molecule has 8 heteroatoms. The van der Waals surface area contributed by atoms with Crippen molar-refractivity contribution in [3.8, 4) is 0 Å². The van der Waals surface area contributed by atoms with Crippen molar-refractivity contribution in [2.24, 2.45) is 5.92 Å². The van der Waals surface area contributed by atoms with Crippen molar-refractivity contribution < 1.29 is 9.59 Å². The van der Waals surface area contributed by atoms with E-state index < -0.39 is 6.04 Å². The van der Waals surface area contributed by atoms with Gasteiger partial charge in [0.15, 0.2) is 0 Å². The summed E-state index contributed by atoms with van der Waals surface area (Å²) in [5, 5.41) is 4.67. The van der Waals surface area contributed by atoms with Crippen LogP contribution in [0, 0.1) is 5.92 Å². The van der Waals surface area contributed by atoms with E-state index in [2.05, 4.69) is 5.32 Å². The summed E-state index contributed by atoms with van der Waals surface area (Å²) in [6, 6.07) is 12.1. The SMILES string of the molecule is CC[C@H](C(=O)NCC(C)C)N(Cc1ccccc1Cl)C(=O)CSCc1c(Cl)cccc1Cl. The van der Waals surface area contributed by atoms with E-state index in [4.69, 9.17) is 34.8 Å². The van der Waals surface area contributed by atoms with Gasteiger partial charge in [0.05, 0.1) is 5.75 Å². The van der Waals surface area contributed by atoms with Gasteiger partial charge in [0.2, 0.25) is 11.8 Å². The van der Waals surface area contributed by atoms with E-state index in [1.54, 1.807) is 29.2 Å². The zero-order chi connectivity index (χ0) is 23.7. The maximum Gasteiger partial charge on any atom is 0.242 e. The number of carbonyl (C=O) groups is 2. The van der Waals surface area contributed by atoms with Gasteiger partial charge in [-0.25, -0.2) is 0 Å². The third kappa shape index (κ3) is 7.87. The molecule has 0 saturated carbocycles. The van der Waals surface area contributed by atoms with E-state index in [0.717, 1.165) is 11.1 Å². The molecule has 2 aromatic carbocycles. The molecule has 0 spiro atoms. The smallest absolute Gasteiger partial charge is 0.242 e. The standard InChI is InChI=1S/C24H29Cl3N2O2S/c1-4-22(24(31)28-12-16(2)3)29(13-17-8-5-6-9-19(17)25)23(30)15-32-14-18-20(26)10-7-11-21(18)27/h5-11,16,22H,4,12-15H2,1-3H3,(H,28,31)/t22-/m1/s1. The van der Waals surface area contributed by atoms with E-state index in [1.807, 2.05) is 39.0 Å². The first kappa shape index (κ1) is 26.8. The van der Waals surface area contributed by atoms with Gasteiger partial charge in [-0.05, 0) is 41.7 Å². The van der Waals surface area contributed by atoms with Gasteiger partial charge in [-0.1, -0.05) is 79.8 Å². The first-order valence-electron chi connectivity index (χ1n) is 10.6. The van der Waals surface area contributed by atoms with Crippen molar-refractivity contribution in [1.82, 2.24) is 10.2 Å². The van der Waals surface area contributed by atoms with Crippen LogP contribution in [-0.4, -0.2) is 35.1 Å². The number of hydrogen-bond acceptors (Lipinski definition) is 3. The first-order chi connectivity index (χ1) is 15.2. The second-order valence-corrected chi connectivity index (χ2v) is 10.1. The van der Waals surface area contributed by atoms with Crippen molar-refractivity contribution in [3.05, 3.63) is 68.7 Å². The van der Waals surface area contributed by atoms with Gasteiger partial charge < -0.3 is 10.2 Å². The number of amides is 2. The van der Waals surface area contributed by atoms with Gasteiger partial charge in [0, 0.05) is 33.9 Å². The van der Waals surface area contributed by atoms with Gasteiger partial charge in [-0.15, -0.1) is 11.8 Å². The van der Waals surface area contributed by atoms with E-state index in [9.17, 15) is 9.59 Å². The topological polar surface area (TPSA) is 49.4 Å². The molecule has 4 nitrogen and oxygen atoms in total. The summed E-state index contributed by atoms with van der Waals surface area (Å²) < 4.78 is 0. The van der Waals surface area contributed by atoms with Crippen LogP contribution in [-0.2, 0) is 21.9 Å². The highest BCUT2D eigenvalue weighted by Gasteiger charge is 2.29. The molecule has 0 saturated heterocycles. The summed E-state index contributed by atoms with van der Waals surface area (Å²) >= 11 is 20.3. The van der Waals surface area contributed by atoms with Crippen LogP contribution in [0.5, 0.6) is 0 Å². The van der Waals surface area contributed by atoms with Crippen molar-refractivity contribution in [3.63, 3.8) is 0 Å². The zero-order valence-corrected chi connectivity index (χ0v) is 21.6. The Hall–Kier alpha value is -1.40. The largest absolute Gasteiger partial charge is 0.354 e. The Morgan fingerprint density at radius 2 is 1.62 bits per heavy atom. The van der Waals surface area contributed by atoms with Crippen LogP contribution in [0.4, 0.5) is 0 Å². The minimum absolute atomic E-state index is 0.135. The highest BCUT2D eigenvalue weighted by molar-refractivity contribution is 7.99. The van der Waals surface area contributed by atoms with Crippen molar-refractivity contribution in [2.75, 3.05) is 12.3 Å². The minimum Gasteiger partial charge on any atom is -0.354 e. The summed E-state index contributed by atoms with van der Waals surface area (Å²) in [6.45, 7) is 6.79. The van der Waals surface area contributed by atoms with Crippen LogP contribution in [0.15, 0.2) is 42.5 Å². The Kier molecular flexibility index (Phi) is 11.2. The Bertz CT molecular complexity index is 904. The predicted molar refractivity (Wildman–Crippen MR) is 137 cm³/mol. The molecule has 0 fully saturated rings. The molecule has 0 unspecified atom stereocenters. The third-order valence-electron chi connectivity index (χ3n) is 4.90. The number of nitrogens with zero attached hydrogens (tertiary/aromatic N) is 1. The van der Waals surface area contributed by atoms with Crippen LogP contribution in [0.3, 0.4) is 0 Å². The Morgan fingerprint density at radius 3 is 2.22 bits per heavy atom. The Labute approximate surface area is 210 Å². The minimum atomic E-state index is -0.581. The van der Waals surface area contributed by atoms with Gasteiger partial charge in [0.1, 0.15) is 6.04 Å². The summed E-state index contributed by atoms with van der Waals surface area (Å²) in [7, 11) is 0. The Morgan fingerprint density at radius 1 is 1.00 bits per heavy atom. The predicted octanol–water partition coefficient (Wildman–Crippen LogP) is 6.46. The number of thioether (sulfide) groups is 1. The fourth-order valence-electron chi connectivity index (χ4n) is 3.15. The molecular weight excluding hydrogens is 487 g/mol. The molecule has 1 N–H and O–H groups in total. The average Bonchev–Trinajstić information content (AvgIpc) is 2.75. The highest BCUT2D eigenvalue weighted by Crippen LogP contribution is 2.29. The van der Waals surface area contributed by atoms with E-state index >= 15 is 0 Å². The van der Waals surface area contributed by atoms with Crippen LogP contribution in [0.25, 0.3) is 0 Å². The molecule has 0 radical (unpaired) electrons. The molecule has 0 aromatic heterocycles. The molecule has 32 heavy (non-hydrogen) atoms. The molecule has 2 rings (SSSR count). The summed E-state index contributed by atoms with van der Waals surface area (Å²) in [5.41, 5.74) is 1.60. The van der Waals surface area contributed by atoms with E-state index in [0.29, 0.717) is 39.7 Å². The number of hydrogen-bond donors (Lipinski definition) is 1. The molecule has 0 bridgehead atoms. The third-order valence-corrected chi connectivity index (χ3v) is 6.92. The fourth-order valence-corrected chi connectivity index (χ4v) is 4.99. The van der Waals surface area contributed by atoms with E-state index in [1.165, 1.54) is 11.8 Å². The van der Waals surface area contributed by atoms with Crippen LogP contribution >= 0.6 is 46.6 Å². The monoisotopic (exact) mass is 514 g/mol. The number of carbonyl (C=O) groups excluding carboxylic acids is 2. The number of nitrogens with one attached hydrogen (secondary N) is 1. The second kappa shape index (κ2) is 13.3. The lowest BCUT2D eigenvalue weighted by Gasteiger charge is -2.31. The molecule has 2 aromatic rings. The maximum atomic E-state index is 13.3. The van der Waals surface area contributed by atoms with Crippen molar-refractivity contribution in [2.45, 2.75) is 45.5 Å². The van der Waals surface area contributed by atoms with Gasteiger partial charge >= 0.3 is 0 Å². The van der Waals surface area contributed by atoms with E-state index in [-0.39, 0.29) is 24.1 Å². The molecule has 0 aliphatic carbocycles. The second-order valence-electron chi connectivity index (χ2n) is 7.87. The molecule has 0 aliphatic rings. The lowest BCUT2D eigenvalue weighted by atomic mass is 10.1. The number of benzene rings is 2. The van der Waals surface area contributed by atoms with Gasteiger partial charge in [0.25, 0.3) is 0 Å². The summed E-state index contributed by atoms with van der Waals surface area (Å²) in [6.07, 6.45) is 0.501. The van der Waals surface area contributed by atoms with Crippen molar-refractivity contribution in [1.29, 1.82) is 0 Å². The van der Waals surface area contributed by atoms with Crippen LogP contribution in [0.2, 0.25) is 15.1 Å². The normalized spacial score (nSPS) is 12.0. The van der Waals surface area contributed by atoms with Gasteiger partial charge in [-0.2, -0.15) is 0 Å². The number of halogens is 3. The highest BCUT2D eigenvalue weighted by atomic mass is 35.5. The fraction of sp³-hybridized carbons (Fsp3) is 0.417. The lowest BCUT2D eigenvalue weighted by molar-refractivity contribution is -0.139. The summed E-state index contributed by atoms with van der Waals surface area (Å²) in [5.74, 6) is 0.728. The van der Waals surface area contributed by atoms with Crippen molar-refractivity contribution >= 4 is 58.4 Å². The first-order valence-corrected chi connectivity index (χ1v) is 12.8. The maximum absolute atomic E-state index is 13.3. The Balaban J connectivity index is 2.17. The molecule has 0 aliphatic heterocycles. The quantitative estimate of drug-likeness (QED) is 0.373. The van der Waals surface area contributed by atoms with Gasteiger partial charge in [-0.3, -0.25) is 9.59 Å². The summed E-state index contributed by atoms with van der Waals surface area (Å²) in [4.78, 5) is 27.8.